The molecule has 2 aromatic rings. The first kappa shape index (κ1) is 24.3. The highest BCUT2D eigenvalue weighted by molar-refractivity contribution is 6.01. The van der Waals surface area contributed by atoms with Crippen molar-refractivity contribution in [2.75, 3.05) is 13.1 Å². The van der Waals surface area contributed by atoms with Gasteiger partial charge in [-0.1, -0.05) is 72.7 Å². The zero-order valence-electron chi connectivity index (χ0n) is 19.8. The Kier molecular flexibility index (Phi) is 9.96. The number of rotatable bonds is 10. The SMILES string of the molecule is C=N/C(C)=C(/C=C(C)C)C(=NCCC)NCCCc1ccc(-c2ccc(C)cc2)cc1. The van der Waals surface area contributed by atoms with Gasteiger partial charge in [0.05, 0.1) is 0 Å². The number of nitrogens with zero attached hydrogens (tertiary/aromatic N) is 2. The van der Waals surface area contributed by atoms with E-state index in [2.05, 4.69) is 99.3 Å². The van der Waals surface area contributed by atoms with Crippen LogP contribution in [0.25, 0.3) is 11.1 Å². The first-order valence-corrected chi connectivity index (χ1v) is 11.2. The highest BCUT2D eigenvalue weighted by Gasteiger charge is 2.08. The molecule has 0 aromatic heterocycles. The zero-order chi connectivity index (χ0) is 22.6. The second kappa shape index (κ2) is 12.7. The Morgan fingerprint density at radius 3 is 2.13 bits per heavy atom. The lowest BCUT2D eigenvalue weighted by atomic mass is 10.0. The molecule has 0 amide bonds. The van der Waals surface area contributed by atoms with E-state index in [1.807, 2.05) is 6.92 Å². The predicted octanol–water partition coefficient (Wildman–Crippen LogP) is 6.93. The van der Waals surface area contributed by atoms with Crippen molar-refractivity contribution >= 4 is 12.6 Å². The molecule has 164 valence electrons. The lowest BCUT2D eigenvalue weighted by Crippen LogP contribution is -2.27. The first-order chi connectivity index (χ1) is 14.9. The molecule has 0 aliphatic rings. The molecular formula is C28H37N3. The molecule has 1 N–H and O–H groups in total. The van der Waals surface area contributed by atoms with Gasteiger partial charge in [-0.15, -0.1) is 0 Å². The molecule has 0 saturated carbocycles. The van der Waals surface area contributed by atoms with Gasteiger partial charge in [-0.2, -0.15) is 0 Å². The van der Waals surface area contributed by atoms with E-state index in [4.69, 9.17) is 4.99 Å². The summed E-state index contributed by atoms with van der Waals surface area (Å²) in [5.74, 6) is 0.919. The van der Waals surface area contributed by atoms with Crippen LogP contribution in [0.3, 0.4) is 0 Å². The van der Waals surface area contributed by atoms with Crippen molar-refractivity contribution < 1.29 is 0 Å². The van der Waals surface area contributed by atoms with E-state index in [1.165, 1.54) is 27.8 Å². The number of nitrogens with one attached hydrogen (secondary N) is 1. The molecule has 0 radical (unpaired) electrons. The van der Waals surface area contributed by atoms with Crippen molar-refractivity contribution in [3.05, 3.63) is 82.6 Å². The molecule has 31 heavy (non-hydrogen) atoms. The summed E-state index contributed by atoms with van der Waals surface area (Å²) in [6.07, 6.45) is 5.22. The van der Waals surface area contributed by atoms with Crippen molar-refractivity contribution in [1.29, 1.82) is 0 Å². The number of aliphatic imine (C=N–C) groups is 2. The normalized spacial score (nSPS) is 12.2. The molecule has 0 atom stereocenters. The monoisotopic (exact) mass is 415 g/mol. The van der Waals surface area contributed by atoms with E-state index in [9.17, 15) is 0 Å². The summed E-state index contributed by atoms with van der Waals surface area (Å²) in [5, 5.41) is 3.55. The van der Waals surface area contributed by atoms with Crippen LogP contribution < -0.4 is 5.32 Å². The highest BCUT2D eigenvalue weighted by atomic mass is 15.0. The van der Waals surface area contributed by atoms with Crippen LogP contribution in [0.2, 0.25) is 0 Å². The standard InChI is InChI=1S/C28H37N3/c1-7-18-30-28(27(20-21(2)3)23(5)29-6)31-19-8-9-24-12-16-26(17-13-24)25-14-10-22(4)11-15-25/h10-17,20H,6-9,18-19H2,1-5H3,(H,30,31)/b27-23-. The lowest BCUT2D eigenvalue weighted by molar-refractivity contribution is 0.768. The maximum absolute atomic E-state index is 4.78. The molecule has 2 aromatic carbocycles. The minimum Gasteiger partial charge on any atom is -0.370 e. The molecule has 0 spiro atoms. The van der Waals surface area contributed by atoms with Crippen LogP contribution in [0.15, 0.2) is 81.4 Å². The van der Waals surface area contributed by atoms with Crippen LogP contribution in [0.1, 0.15) is 51.7 Å². The van der Waals surface area contributed by atoms with Gasteiger partial charge < -0.3 is 5.32 Å². The van der Waals surface area contributed by atoms with Crippen molar-refractivity contribution in [2.45, 2.75) is 53.9 Å². The fourth-order valence-electron chi connectivity index (χ4n) is 3.29. The van der Waals surface area contributed by atoms with Crippen molar-refractivity contribution in [3.63, 3.8) is 0 Å². The Morgan fingerprint density at radius 1 is 0.968 bits per heavy atom. The molecule has 3 heteroatoms. The van der Waals surface area contributed by atoms with Gasteiger partial charge in [0, 0.05) is 24.4 Å². The maximum Gasteiger partial charge on any atom is 0.130 e. The summed E-state index contributed by atoms with van der Waals surface area (Å²) in [6.45, 7) is 15.8. The second-order valence-electron chi connectivity index (χ2n) is 8.20. The molecule has 2 rings (SSSR count). The van der Waals surface area contributed by atoms with Gasteiger partial charge in [0.2, 0.25) is 0 Å². The van der Waals surface area contributed by atoms with Crippen molar-refractivity contribution in [2.24, 2.45) is 9.98 Å². The fourth-order valence-corrected chi connectivity index (χ4v) is 3.29. The van der Waals surface area contributed by atoms with Crippen LogP contribution in [-0.2, 0) is 6.42 Å². The fraction of sp³-hybridized carbons (Fsp3) is 0.357. The molecule has 3 nitrogen and oxygen atoms in total. The molecule has 0 saturated heterocycles. The molecule has 0 heterocycles. The topological polar surface area (TPSA) is 36.8 Å². The van der Waals surface area contributed by atoms with Gasteiger partial charge in [-0.25, -0.2) is 0 Å². The zero-order valence-corrected chi connectivity index (χ0v) is 19.8. The third kappa shape index (κ3) is 8.01. The Balaban J connectivity index is 1.99. The average molecular weight is 416 g/mol. The maximum atomic E-state index is 4.78. The molecule has 0 aliphatic carbocycles. The average Bonchev–Trinajstić information content (AvgIpc) is 2.77. The van der Waals surface area contributed by atoms with Crippen LogP contribution in [0.5, 0.6) is 0 Å². The lowest BCUT2D eigenvalue weighted by Gasteiger charge is -2.14. The number of hydrogen-bond donors (Lipinski definition) is 1. The Morgan fingerprint density at radius 2 is 1.58 bits per heavy atom. The number of aryl methyl sites for hydroxylation is 2. The molecule has 0 fully saturated rings. The highest BCUT2D eigenvalue weighted by Crippen LogP contribution is 2.20. The van der Waals surface area contributed by atoms with E-state index in [-0.39, 0.29) is 0 Å². The van der Waals surface area contributed by atoms with Gasteiger partial charge in [0.1, 0.15) is 5.84 Å². The summed E-state index contributed by atoms with van der Waals surface area (Å²) >= 11 is 0. The summed E-state index contributed by atoms with van der Waals surface area (Å²) in [5.41, 5.74) is 8.32. The number of benzene rings is 2. The second-order valence-corrected chi connectivity index (χ2v) is 8.20. The third-order valence-electron chi connectivity index (χ3n) is 5.08. The summed E-state index contributed by atoms with van der Waals surface area (Å²) in [6, 6.07) is 17.6. The number of hydrogen-bond acceptors (Lipinski definition) is 2. The van der Waals surface area contributed by atoms with E-state index < -0.39 is 0 Å². The first-order valence-electron chi connectivity index (χ1n) is 11.2. The molecule has 0 unspecified atom stereocenters. The Labute approximate surface area is 188 Å². The van der Waals surface area contributed by atoms with Crippen LogP contribution >= 0.6 is 0 Å². The van der Waals surface area contributed by atoms with Crippen molar-refractivity contribution in [3.8, 4) is 11.1 Å². The van der Waals surface area contributed by atoms with Gasteiger partial charge >= 0.3 is 0 Å². The largest absolute Gasteiger partial charge is 0.370 e. The number of allylic oxidation sites excluding steroid dienone is 2. The van der Waals surface area contributed by atoms with E-state index >= 15 is 0 Å². The molecule has 0 bridgehead atoms. The Hall–Kier alpha value is -2.94. The Bertz CT molecular complexity index is 925. The minimum absolute atomic E-state index is 0.799. The minimum atomic E-state index is 0.799. The summed E-state index contributed by atoms with van der Waals surface area (Å²) in [4.78, 5) is 8.92. The predicted molar refractivity (Wildman–Crippen MR) is 137 cm³/mol. The van der Waals surface area contributed by atoms with Gasteiger partial charge in [0.15, 0.2) is 0 Å². The molecular weight excluding hydrogens is 378 g/mol. The van der Waals surface area contributed by atoms with Crippen LogP contribution in [0.4, 0.5) is 0 Å². The van der Waals surface area contributed by atoms with E-state index in [0.717, 1.165) is 49.5 Å². The van der Waals surface area contributed by atoms with Crippen LogP contribution in [-0.4, -0.2) is 25.6 Å². The quantitative estimate of drug-likeness (QED) is 0.194. The summed E-state index contributed by atoms with van der Waals surface area (Å²) in [7, 11) is 0. The van der Waals surface area contributed by atoms with Crippen LogP contribution in [0, 0.1) is 6.92 Å². The number of amidine groups is 1. The van der Waals surface area contributed by atoms with Gasteiger partial charge in [0.25, 0.3) is 0 Å². The van der Waals surface area contributed by atoms with Crippen molar-refractivity contribution in [1.82, 2.24) is 5.32 Å². The van der Waals surface area contributed by atoms with Gasteiger partial charge in [-0.05, 0) is 70.4 Å². The molecule has 0 aliphatic heterocycles. The smallest absolute Gasteiger partial charge is 0.130 e. The van der Waals surface area contributed by atoms with E-state index in [1.54, 1.807) is 0 Å². The third-order valence-corrected chi connectivity index (χ3v) is 5.08. The summed E-state index contributed by atoms with van der Waals surface area (Å²) < 4.78 is 0. The van der Waals surface area contributed by atoms with E-state index in [0.29, 0.717) is 0 Å². The van der Waals surface area contributed by atoms with Gasteiger partial charge in [-0.3, -0.25) is 9.98 Å².